The van der Waals surface area contributed by atoms with E-state index < -0.39 is 0 Å². The van der Waals surface area contributed by atoms with Crippen molar-refractivity contribution in [3.63, 3.8) is 0 Å². The molecule has 0 radical (unpaired) electrons. The lowest BCUT2D eigenvalue weighted by Crippen LogP contribution is -2.41. The molecule has 0 aromatic heterocycles. The third kappa shape index (κ3) is 4.00. The normalized spacial score (nSPS) is 16.6. The molecular weight excluding hydrogens is 293 g/mol. The number of para-hydroxylation sites is 1. The number of nitrogens with one attached hydrogen (secondary N) is 2. The van der Waals surface area contributed by atoms with Crippen LogP contribution in [0.25, 0.3) is 0 Å². The fourth-order valence-electron chi connectivity index (χ4n) is 2.63. The maximum absolute atomic E-state index is 13.2. The first-order valence-electron chi connectivity index (χ1n) is 7.68. The topological polar surface area (TPSA) is 45.7 Å². The Morgan fingerprint density at radius 3 is 2.87 bits per heavy atom. The largest absolute Gasteiger partial charge is 0.488 e. The lowest BCUT2D eigenvalue weighted by molar-refractivity contribution is 0.235. The van der Waals surface area contributed by atoms with Crippen molar-refractivity contribution in [1.29, 1.82) is 0 Å². The molecule has 1 aliphatic rings. The van der Waals surface area contributed by atoms with Crippen molar-refractivity contribution < 1.29 is 9.13 Å². The number of nitrogens with zero attached hydrogens (tertiary/aromatic N) is 1. The summed E-state index contributed by atoms with van der Waals surface area (Å²) in [5.41, 5.74) is 2.11. The zero-order valence-electron chi connectivity index (χ0n) is 13.1. The number of benzene rings is 2. The average molecular weight is 313 g/mol. The fraction of sp³-hybridized carbons (Fsp3) is 0.278. The van der Waals surface area contributed by atoms with Gasteiger partial charge in [-0.25, -0.2) is 4.39 Å². The van der Waals surface area contributed by atoms with Crippen LogP contribution >= 0.6 is 0 Å². The zero-order valence-corrected chi connectivity index (χ0v) is 13.1. The number of halogens is 1. The minimum atomic E-state index is -0.232. The molecule has 2 aromatic rings. The van der Waals surface area contributed by atoms with Crippen LogP contribution in [0.3, 0.4) is 0 Å². The van der Waals surface area contributed by atoms with Gasteiger partial charge in [-0.15, -0.1) is 0 Å². The molecule has 3 rings (SSSR count). The van der Waals surface area contributed by atoms with Crippen LogP contribution in [-0.2, 0) is 13.0 Å². The highest BCUT2D eigenvalue weighted by atomic mass is 19.1. The molecule has 1 heterocycles. The second-order valence-corrected chi connectivity index (χ2v) is 5.49. The molecule has 120 valence electrons. The van der Waals surface area contributed by atoms with Crippen molar-refractivity contribution in [2.45, 2.75) is 19.1 Å². The van der Waals surface area contributed by atoms with Gasteiger partial charge in [-0.2, -0.15) is 0 Å². The van der Waals surface area contributed by atoms with E-state index in [0.29, 0.717) is 19.0 Å². The molecule has 0 aliphatic carbocycles. The van der Waals surface area contributed by atoms with E-state index in [-0.39, 0.29) is 11.9 Å². The van der Waals surface area contributed by atoms with Crippen LogP contribution < -0.4 is 15.4 Å². The highest BCUT2D eigenvalue weighted by Crippen LogP contribution is 2.27. The number of ether oxygens (including phenoxy) is 1. The Balaban J connectivity index is 1.47. The lowest BCUT2D eigenvalue weighted by atomic mass is 10.1. The van der Waals surface area contributed by atoms with E-state index in [1.165, 1.54) is 17.7 Å². The molecule has 1 unspecified atom stereocenters. The molecule has 2 N–H and O–H groups in total. The van der Waals surface area contributed by atoms with Gasteiger partial charge in [-0.1, -0.05) is 30.3 Å². The summed E-state index contributed by atoms with van der Waals surface area (Å²) < 4.78 is 19.1. The first-order valence-corrected chi connectivity index (χ1v) is 7.68. The number of hydrogen-bond acceptors (Lipinski definition) is 2. The molecule has 0 saturated heterocycles. The van der Waals surface area contributed by atoms with E-state index in [1.54, 1.807) is 13.1 Å². The molecule has 1 atom stereocenters. The molecule has 5 heteroatoms. The molecule has 0 fully saturated rings. The smallest absolute Gasteiger partial charge is 0.191 e. The zero-order chi connectivity index (χ0) is 16.1. The minimum Gasteiger partial charge on any atom is -0.488 e. The third-order valence-corrected chi connectivity index (χ3v) is 3.78. The summed E-state index contributed by atoms with van der Waals surface area (Å²) in [4.78, 5) is 4.18. The van der Waals surface area contributed by atoms with Crippen LogP contribution in [0.2, 0.25) is 0 Å². The van der Waals surface area contributed by atoms with Crippen LogP contribution in [0.4, 0.5) is 4.39 Å². The summed E-state index contributed by atoms with van der Waals surface area (Å²) in [6.45, 7) is 1.18. The third-order valence-electron chi connectivity index (χ3n) is 3.78. The lowest BCUT2D eigenvalue weighted by Gasteiger charge is -2.15. The van der Waals surface area contributed by atoms with Crippen LogP contribution in [-0.4, -0.2) is 25.7 Å². The molecular formula is C18H20FN3O. The van der Waals surface area contributed by atoms with E-state index >= 15 is 0 Å². The number of rotatable bonds is 4. The Morgan fingerprint density at radius 1 is 1.22 bits per heavy atom. The van der Waals surface area contributed by atoms with Gasteiger partial charge in [0.2, 0.25) is 0 Å². The van der Waals surface area contributed by atoms with E-state index in [4.69, 9.17) is 4.74 Å². The summed E-state index contributed by atoms with van der Waals surface area (Å²) in [7, 11) is 1.71. The number of aliphatic imine (C=N–C) groups is 1. The summed E-state index contributed by atoms with van der Waals surface area (Å²) in [6, 6.07) is 14.6. The Bertz CT molecular complexity index is 677. The van der Waals surface area contributed by atoms with Crippen molar-refractivity contribution in [2.75, 3.05) is 13.6 Å². The highest BCUT2D eigenvalue weighted by Gasteiger charge is 2.22. The summed E-state index contributed by atoms with van der Waals surface area (Å²) >= 11 is 0. The second-order valence-electron chi connectivity index (χ2n) is 5.49. The number of fused-ring (bicyclic) bond motifs is 1. The molecule has 2 aromatic carbocycles. The SMILES string of the molecule is CN=C(NCc1cccc(F)c1)NCC1Cc2ccccc2O1. The molecule has 0 spiro atoms. The molecule has 0 amide bonds. The summed E-state index contributed by atoms with van der Waals surface area (Å²) in [5.74, 6) is 1.40. The molecule has 23 heavy (non-hydrogen) atoms. The Morgan fingerprint density at radius 2 is 2.09 bits per heavy atom. The van der Waals surface area contributed by atoms with Crippen molar-refractivity contribution >= 4 is 5.96 Å². The molecule has 1 aliphatic heterocycles. The van der Waals surface area contributed by atoms with E-state index in [1.807, 2.05) is 24.3 Å². The fourth-order valence-corrected chi connectivity index (χ4v) is 2.63. The Hall–Kier alpha value is -2.56. The van der Waals surface area contributed by atoms with Gasteiger partial charge >= 0.3 is 0 Å². The van der Waals surface area contributed by atoms with Crippen molar-refractivity contribution in [1.82, 2.24) is 10.6 Å². The standard InChI is InChI=1S/C18H20FN3O/c1-20-18(21-11-13-5-4-7-15(19)9-13)22-12-16-10-14-6-2-3-8-17(14)23-16/h2-9,16H,10-12H2,1H3,(H2,20,21,22). The Labute approximate surface area is 135 Å². The minimum absolute atomic E-state index is 0.0973. The summed E-state index contributed by atoms with van der Waals surface area (Å²) in [5, 5.41) is 6.43. The molecule has 0 saturated carbocycles. The first kappa shape index (κ1) is 15.3. The van der Waals surface area contributed by atoms with Crippen LogP contribution in [0, 0.1) is 5.82 Å². The van der Waals surface area contributed by atoms with Gasteiger partial charge in [0, 0.05) is 20.0 Å². The first-order chi connectivity index (χ1) is 11.2. The van der Waals surface area contributed by atoms with Crippen molar-refractivity contribution in [3.05, 3.63) is 65.5 Å². The van der Waals surface area contributed by atoms with Gasteiger partial charge in [-0.3, -0.25) is 4.99 Å². The van der Waals surface area contributed by atoms with Gasteiger partial charge in [0.15, 0.2) is 5.96 Å². The van der Waals surface area contributed by atoms with Crippen molar-refractivity contribution in [3.8, 4) is 5.75 Å². The maximum Gasteiger partial charge on any atom is 0.191 e. The van der Waals surface area contributed by atoms with E-state index in [0.717, 1.165) is 17.7 Å². The maximum atomic E-state index is 13.2. The molecule has 0 bridgehead atoms. The quantitative estimate of drug-likeness (QED) is 0.673. The molecule has 4 nitrogen and oxygen atoms in total. The highest BCUT2D eigenvalue weighted by molar-refractivity contribution is 5.79. The van der Waals surface area contributed by atoms with Crippen LogP contribution in [0.1, 0.15) is 11.1 Å². The predicted octanol–water partition coefficient (Wildman–Crippen LogP) is 2.49. The van der Waals surface area contributed by atoms with E-state index in [2.05, 4.69) is 21.7 Å². The van der Waals surface area contributed by atoms with E-state index in [9.17, 15) is 4.39 Å². The van der Waals surface area contributed by atoms with Gasteiger partial charge in [-0.05, 0) is 29.3 Å². The van der Waals surface area contributed by atoms with Gasteiger partial charge in [0.05, 0.1) is 6.54 Å². The van der Waals surface area contributed by atoms with Crippen molar-refractivity contribution in [2.24, 2.45) is 4.99 Å². The number of guanidine groups is 1. The van der Waals surface area contributed by atoms with Crippen LogP contribution in [0.5, 0.6) is 5.75 Å². The summed E-state index contributed by atoms with van der Waals surface area (Å²) in [6.07, 6.45) is 0.990. The Kier molecular flexibility index (Phi) is 4.76. The van der Waals surface area contributed by atoms with Gasteiger partial charge in [0.1, 0.15) is 17.7 Å². The van der Waals surface area contributed by atoms with Gasteiger partial charge in [0.25, 0.3) is 0 Å². The predicted molar refractivity (Wildman–Crippen MR) is 89.2 cm³/mol. The monoisotopic (exact) mass is 313 g/mol. The van der Waals surface area contributed by atoms with Crippen LogP contribution in [0.15, 0.2) is 53.5 Å². The van der Waals surface area contributed by atoms with Gasteiger partial charge < -0.3 is 15.4 Å². The number of hydrogen-bond donors (Lipinski definition) is 2. The second kappa shape index (κ2) is 7.13. The average Bonchev–Trinajstić information content (AvgIpc) is 2.98.